The van der Waals surface area contributed by atoms with Gasteiger partial charge in [0.25, 0.3) is 5.09 Å². The van der Waals surface area contributed by atoms with E-state index in [1.54, 1.807) is 0 Å². The highest BCUT2D eigenvalue weighted by Gasteiger charge is 2.50. The second-order valence-electron chi connectivity index (χ2n) is 9.61. The van der Waals surface area contributed by atoms with Crippen LogP contribution >= 0.6 is 0 Å². The van der Waals surface area contributed by atoms with E-state index in [0.717, 1.165) is 30.3 Å². The van der Waals surface area contributed by atoms with Crippen molar-refractivity contribution in [3.63, 3.8) is 0 Å². The standard InChI is InChI=1S/C26H28F5NO7S/c27-20-6-9-23(28)22(17-20)25(40(36,37)21-7-4-19(5-8-21)26(29,30)31)13-11-18(12-14-25)3-10-24(33)38-15-1-2-16-39-32(34)35/h4-9,17-18H,1-3,10-16H2. The van der Waals surface area contributed by atoms with Gasteiger partial charge in [-0.25, -0.2) is 17.2 Å². The summed E-state index contributed by atoms with van der Waals surface area (Å²) in [5.74, 6) is -2.43. The van der Waals surface area contributed by atoms with Gasteiger partial charge in [-0.05, 0) is 93.3 Å². The minimum absolute atomic E-state index is 0.0308. The minimum Gasteiger partial charge on any atom is -0.466 e. The molecule has 0 unspecified atom stereocenters. The summed E-state index contributed by atoms with van der Waals surface area (Å²) in [6, 6.07) is 5.39. The lowest BCUT2D eigenvalue weighted by atomic mass is 9.76. The fraction of sp³-hybridized carbons (Fsp3) is 0.500. The molecule has 0 aliphatic heterocycles. The minimum atomic E-state index is -4.68. The number of halogens is 5. The van der Waals surface area contributed by atoms with Gasteiger partial charge in [0.15, 0.2) is 9.84 Å². The van der Waals surface area contributed by atoms with Crippen molar-refractivity contribution in [1.29, 1.82) is 0 Å². The van der Waals surface area contributed by atoms with Gasteiger partial charge in [0.1, 0.15) is 16.4 Å². The van der Waals surface area contributed by atoms with Crippen LogP contribution in [0.25, 0.3) is 0 Å². The van der Waals surface area contributed by atoms with Crippen molar-refractivity contribution >= 4 is 15.8 Å². The summed E-state index contributed by atoms with van der Waals surface area (Å²) in [7, 11) is -4.48. The number of unbranched alkanes of at least 4 members (excludes halogenated alkanes) is 1. The van der Waals surface area contributed by atoms with E-state index in [1.807, 2.05) is 0 Å². The van der Waals surface area contributed by atoms with E-state index < -0.39 is 53.9 Å². The van der Waals surface area contributed by atoms with Crippen molar-refractivity contribution in [3.05, 3.63) is 75.3 Å². The molecule has 0 amide bonds. The number of benzene rings is 2. The van der Waals surface area contributed by atoms with Crippen LogP contribution in [0.15, 0.2) is 47.4 Å². The summed E-state index contributed by atoms with van der Waals surface area (Å²) < 4.78 is 99.1. The number of hydrogen-bond acceptors (Lipinski definition) is 7. The zero-order chi connectivity index (χ0) is 29.6. The Balaban J connectivity index is 1.71. The summed E-state index contributed by atoms with van der Waals surface area (Å²) >= 11 is 0. The van der Waals surface area contributed by atoms with E-state index in [9.17, 15) is 45.3 Å². The first-order valence-corrected chi connectivity index (χ1v) is 14.0. The number of esters is 1. The van der Waals surface area contributed by atoms with E-state index in [0.29, 0.717) is 31.4 Å². The van der Waals surface area contributed by atoms with Crippen LogP contribution in [-0.4, -0.2) is 32.7 Å². The van der Waals surface area contributed by atoms with Crippen LogP contribution in [0.4, 0.5) is 22.0 Å². The molecular formula is C26H28F5NO7S. The average Bonchev–Trinajstić information content (AvgIpc) is 2.90. The number of alkyl halides is 3. The second kappa shape index (κ2) is 12.9. The first-order valence-electron chi connectivity index (χ1n) is 12.6. The Labute approximate surface area is 227 Å². The smallest absolute Gasteiger partial charge is 0.416 e. The van der Waals surface area contributed by atoms with E-state index in [2.05, 4.69) is 4.84 Å². The zero-order valence-corrected chi connectivity index (χ0v) is 22.1. The Kier molecular flexibility index (Phi) is 10.1. The zero-order valence-electron chi connectivity index (χ0n) is 21.3. The van der Waals surface area contributed by atoms with Crippen molar-refractivity contribution in [3.8, 4) is 0 Å². The Bertz CT molecular complexity index is 1290. The molecule has 14 heteroatoms. The summed E-state index contributed by atoms with van der Waals surface area (Å²) in [4.78, 5) is 25.9. The van der Waals surface area contributed by atoms with Gasteiger partial charge in [0, 0.05) is 12.0 Å². The largest absolute Gasteiger partial charge is 0.466 e. The topological polar surface area (TPSA) is 113 Å². The number of rotatable bonds is 12. The molecule has 0 saturated heterocycles. The third-order valence-electron chi connectivity index (χ3n) is 7.09. The first kappa shape index (κ1) is 31.2. The van der Waals surface area contributed by atoms with Gasteiger partial charge in [0.2, 0.25) is 0 Å². The fourth-order valence-corrected chi connectivity index (χ4v) is 7.10. The number of carbonyl (C=O) groups is 1. The van der Waals surface area contributed by atoms with Gasteiger partial charge >= 0.3 is 12.1 Å². The third kappa shape index (κ3) is 7.46. The van der Waals surface area contributed by atoms with Crippen LogP contribution in [0.3, 0.4) is 0 Å². The van der Waals surface area contributed by atoms with Crippen molar-refractivity contribution in [2.24, 2.45) is 5.92 Å². The van der Waals surface area contributed by atoms with Gasteiger partial charge in [-0.3, -0.25) is 4.79 Å². The van der Waals surface area contributed by atoms with Gasteiger partial charge in [-0.15, -0.1) is 10.1 Å². The highest BCUT2D eigenvalue weighted by molar-refractivity contribution is 7.92. The lowest BCUT2D eigenvalue weighted by Gasteiger charge is -2.40. The van der Waals surface area contributed by atoms with Crippen molar-refractivity contribution in [2.75, 3.05) is 13.2 Å². The van der Waals surface area contributed by atoms with Crippen molar-refractivity contribution < 1.29 is 49.8 Å². The Morgan fingerprint density at radius 2 is 1.65 bits per heavy atom. The predicted molar refractivity (Wildman–Crippen MR) is 131 cm³/mol. The lowest BCUT2D eigenvalue weighted by molar-refractivity contribution is -0.757. The summed E-state index contributed by atoms with van der Waals surface area (Å²) in [6.45, 7) is -0.0619. The highest BCUT2D eigenvalue weighted by atomic mass is 32.2. The monoisotopic (exact) mass is 593 g/mol. The highest BCUT2D eigenvalue weighted by Crippen LogP contribution is 2.50. The fourth-order valence-electron chi connectivity index (χ4n) is 4.93. The summed E-state index contributed by atoms with van der Waals surface area (Å²) in [5, 5.41) is 9.18. The molecule has 1 fully saturated rings. The molecule has 1 aliphatic rings. The van der Waals surface area contributed by atoms with Gasteiger partial charge in [0.05, 0.1) is 23.7 Å². The molecule has 1 saturated carbocycles. The van der Waals surface area contributed by atoms with E-state index in [1.165, 1.54) is 0 Å². The molecule has 2 aromatic rings. The normalized spacial score (nSPS) is 19.7. The second-order valence-corrected chi connectivity index (χ2v) is 11.9. The number of sulfone groups is 1. The quantitative estimate of drug-likeness (QED) is 0.0953. The molecule has 0 heterocycles. The van der Waals surface area contributed by atoms with Crippen molar-refractivity contribution in [1.82, 2.24) is 0 Å². The predicted octanol–water partition coefficient (Wildman–Crippen LogP) is 6.15. The van der Waals surface area contributed by atoms with Crippen LogP contribution < -0.4 is 0 Å². The van der Waals surface area contributed by atoms with Crippen LogP contribution in [0.5, 0.6) is 0 Å². The molecule has 0 spiro atoms. The Hall–Kier alpha value is -3.29. The third-order valence-corrected chi connectivity index (χ3v) is 9.64. The van der Waals surface area contributed by atoms with E-state index in [-0.39, 0.29) is 56.8 Å². The molecule has 8 nitrogen and oxygen atoms in total. The Morgan fingerprint density at radius 3 is 2.25 bits per heavy atom. The van der Waals surface area contributed by atoms with Gasteiger partial charge in [-0.1, -0.05) is 0 Å². The van der Waals surface area contributed by atoms with Crippen LogP contribution in [0.1, 0.15) is 62.5 Å². The maximum atomic E-state index is 15.0. The number of hydrogen-bond donors (Lipinski definition) is 0. The summed E-state index contributed by atoms with van der Waals surface area (Å²) in [6.07, 6.45) is -3.40. The van der Waals surface area contributed by atoms with Gasteiger partial charge in [-0.2, -0.15) is 13.2 Å². The van der Waals surface area contributed by atoms with Crippen molar-refractivity contribution in [2.45, 2.75) is 67.2 Å². The Morgan fingerprint density at radius 1 is 1.02 bits per heavy atom. The maximum Gasteiger partial charge on any atom is 0.416 e. The summed E-state index contributed by atoms with van der Waals surface area (Å²) in [5.41, 5.74) is -1.43. The number of nitrogens with zero attached hydrogens (tertiary/aromatic N) is 1. The molecule has 2 aromatic carbocycles. The number of ether oxygens (including phenoxy) is 1. The van der Waals surface area contributed by atoms with E-state index in [4.69, 9.17) is 4.74 Å². The molecule has 0 aromatic heterocycles. The molecule has 40 heavy (non-hydrogen) atoms. The molecule has 0 bridgehead atoms. The molecule has 0 atom stereocenters. The van der Waals surface area contributed by atoms with E-state index >= 15 is 0 Å². The average molecular weight is 594 g/mol. The van der Waals surface area contributed by atoms with Crippen LogP contribution in [-0.2, 0) is 35.1 Å². The SMILES string of the molecule is O=C(CCC1CCC(c2cc(F)ccc2F)(S(=O)(=O)c2ccc(C(F)(F)F)cc2)CC1)OCCCCO[N+](=O)[O-]. The molecular weight excluding hydrogens is 565 g/mol. The van der Waals surface area contributed by atoms with Crippen LogP contribution in [0.2, 0.25) is 0 Å². The molecule has 1 aliphatic carbocycles. The molecule has 0 radical (unpaired) electrons. The molecule has 3 rings (SSSR count). The molecule has 220 valence electrons. The first-order chi connectivity index (χ1) is 18.8. The van der Waals surface area contributed by atoms with Crippen LogP contribution in [0, 0.1) is 27.7 Å². The number of carbonyl (C=O) groups excluding carboxylic acids is 1. The molecule has 0 N–H and O–H groups in total. The maximum absolute atomic E-state index is 15.0. The van der Waals surface area contributed by atoms with Gasteiger partial charge < -0.3 is 9.57 Å². The lowest BCUT2D eigenvalue weighted by Crippen LogP contribution is -2.40.